The highest BCUT2D eigenvalue weighted by atomic mass is 32.2. The molecule has 3 aromatic rings. The molecule has 0 heterocycles. The molecule has 0 aliphatic heterocycles. The van der Waals surface area contributed by atoms with Gasteiger partial charge in [-0.05, 0) is 41.8 Å². The molecule has 0 unspecified atom stereocenters. The van der Waals surface area contributed by atoms with Crippen LogP contribution in [0.15, 0.2) is 83.8 Å². The lowest BCUT2D eigenvalue weighted by molar-refractivity contribution is 0.0951. The molecule has 0 bridgehead atoms. The number of nitrogens with one attached hydrogen (secondary N) is 1. The molecule has 1 N–H and O–H groups in total. The zero-order chi connectivity index (χ0) is 18.9. The molecule has 0 aliphatic carbocycles. The summed E-state index contributed by atoms with van der Waals surface area (Å²) in [5, 5.41) is 3.03. The number of ether oxygens (including phenoxy) is 1. The smallest absolute Gasteiger partial charge is 0.252 e. The van der Waals surface area contributed by atoms with Crippen molar-refractivity contribution in [1.29, 1.82) is 0 Å². The second kappa shape index (κ2) is 9.83. The fourth-order valence-corrected chi connectivity index (χ4v) is 3.73. The summed E-state index contributed by atoms with van der Waals surface area (Å²) in [6.07, 6.45) is 0.787. The normalized spacial score (nSPS) is 10.4. The number of hydrogen-bond donors (Lipinski definition) is 1. The molecule has 0 aliphatic rings. The Kier molecular flexibility index (Phi) is 6.94. The van der Waals surface area contributed by atoms with Crippen LogP contribution in [0, 0.1) is 0 Å². The zero-order valence-electron chi connectivity index (χ0n) is 15.4. The summed E-state index contributed by atoms with van der Waals surface area (Å²) in [5.41, 5.74) is 3.15. The van der Waals surface area contributed by atoms with E-state index < -0.39 is 0 Å². The van der Waals surface area contributed by atoms with Crippen molar-refractivity contribution in [3.8, 4) is 5.75 Å². The minimum absolute atomic E-state index is 0.0281. The van der Waals surface area contributed by atoms with Crippen molar-refractivity contribution < 1.29 is 9.53 Å². The Bertz CT molecular complexity index is 863. The van der Waals surface area contributed by atoms with E-state index in [1.54, 1.807) is 18.9 Å². The van der Waals surface area contributed by atoms with Gasteiger partial charge in [0.05, 0.1) is 12.7 Å². The predicted molar refractivity (Wildman–Crippen MR) is 111 cm³/mol. The molecule has 138 valence electrons. The fraction of sp³-hybridized carbons (Fsp3) is 0.174. The van der Waals surface area contributed by atoms with E-state index in [0.717, 1.165) is 28.4 Å². The Balaban J connectivity index is 1.56. The minimum atomic E-state index is -0.0281. The second-order valence-electron chi connectivity index (χ2n) is 6.12. The number of amides is 1. The summed E-state index contributed by atoms with van der Waals surface area (Å²) < 4.78 is 5.17. The largest absolute Gasteiger partial charge is 0.497 e. The molecule has 0 atom stereocenters. The first kappa shape index (κ1) is 19.1. The lowest BCUT2D eigenvalue weighted by atomic mass is 10.1. The van der Waals surface area contributed by atoms with Crippen LogP contribution < -0.4 is 10.1 Å². The third-order valence-corrected chi connectivity index (χ3v) is 5.37. The van der Waals surface area contributed by atoms with Crippen LogP contribution in [0.4, 0.5) is 0 Å². The molecular formula is C23H23NO2S. The van der Waals surface area contributed by atoms with E-state index in [4.69, 9.17) is 4.74 Å². The van der Waals surface area contributed by atoms with Crippen molar-refractivity contribution in [3.05, 3.63) is 95.6 Å². The number of benzene rings is 3. The van der Waals surface area contributed by atoms with Crippen LogP contribution >= 0.6 is 11.8 Å². The van der Waals surface area contributed by atoms with Gasteiger partial charge >= 0.3 is 0 Å². The molecular weight excluding hydrogens is 354 g/mol. The van der Waals surface area contributed by atoms with Crippen LogP contribution in [0.5, 0.6) is 5.75 Å². The maximum Gasteiger partial charge on any atom is 0.252 e. The zero-order valence-corrected chi connectivity index (χ0v) is 16.2. The van der Waals surface area contributed by atoms with Gasteiger partial charge < -0.3 is 10.1 Å². The number of hydrogen-bond acceptors (Lipinski definition) is 3. The molecule has 0 fully saturated rings. The first-order valence-corrected chi connectivity index (χ1v) is 9.91. The van der Waals surface area contributed by atoms with Gasteiger partial charge in [0.2, 0.25) is 0 Å². The summed E-state index contributed by atoms with van der Waals surface area (Å²) in [4.78, 5) is 13.6. The van der Waals surface area contributed by atoms with E-state index in [0.29, 0.717) is 6.54 Å². The summed E-state index contributed by atoms with van der Waals surface area (Å²) in [6, 6.07) is 26.0. The Morgan fingerprint density at radius 1 is 0.889 bits per heavy atom. The van der Waals surface area contributed by atoms with Crippen molar-refractivity contribution in [1.82, 2.24) is 5.32 Å². The van der Waals surface area contributed by atoms with Crippen LogP contribution in [0.3, 0.4) is 0 Å². The van der Waals surface area contributed by atoms with Gasteiger partial charge in [-0.2, -0.15) is 0 Å². The molecule has 3 rings (SSSR count). The highest BCUT2D eigenvalue weighted by Crippen LogP contribution is 2.26. The summed E-state index contributed by atoms with van der Waals surface area (Å²) in [6.45, 7) is 0.600. The molecule has 0 aromatic heterocycles. The van der Waals surface area contributed by atoms with Crippen LogP contribution in [0.2, 0.25) is 0 Å². The molecule has 0 saturated heterocycles. The van der Waals surface area contributed by atoms with E-state index in [2.05, 4.69) is 17.4 Å². The first-order valence-electron chi connectivity index (χ1n) is 8.93. The van der Waals surface area contributed by atoms with Crippen LogP contribution in [0.1, 0.15) is 21.5 Å². The minimum Gasteiger partial charge on any atom is -0.497 e. The molecule has 1 amide bonds. The van der Waals surface area contributed by atoms with Crippen LogP contribution in [-0.4, -0.2) is 19.6 Å². The number of carbonyl (C=O) groups is 1. The van der Waals surface area contributed by atoms with Gasteiger partial charge in [0, 0.05) is 17.2 Å². The van der Waals surface area contributed by atoms with E-state index >= 15 is 0 Å². The lowest BCUT2D eigenvalue weighted by Crippen LogP contribution is -2.26. The first-order chi connectivity index (χ1) is 13.3. The Morgan fingerprint density at radius 2 is 1.59 bits per heavy atom. The molecule has 27 heavy (non-hydrogen) atoms. The molecule has 0 radical (unpaired) electrons. The van der Waals surface area contributed by atoms with E-state index in [1.807, 2.05) is 66.7 Å². The van der Waals surface area contributed by atoms with Gasteiger partial charge in [0.1, 0.15) is 5.75 Å². The summed E-state index contributed by atoms with van der Waals surface area (Å²) >= 11 is 1.69. The number of rotatable bonds is 8. The van der Waals surface area contributed by atoms with Gasteiger partial charge in [-0.1, -0.05) is 54.6 Å². The van der Waals surface area contributed by atoms with Crippen molar-refractivity contribution in [2.24, 2.45) is 0 Å². The fourth-order valence-electron chi connectivity index (χ4n) is 2.72. The van der Waals surface area contributed by atoms with Crippen LogP contribution in [-0.2, 0) is 12.2 Å². The second-order valence-corrected chi connectivity index (χ2v) is 7.14. The van der Waals surface area contributed by atoms with E-state index in [9.17, 15) is 4.79 Å². The average Bonchev–Trinajstić information content (AvgIpc) is 2.73. The van der Waals surface area contributed by atoms with E-state index in [1.165, 1.54) is 11.1 Å². The van der Waals surface area contributed by atoms with Crippen molar-refractivity contribution in [3.63, 3.8) is 0 Å². The molecule has 3 nitrogen and oxygen atoms in total. The summed E-state index contributed by atoms with van der Waals surface area (Å²) in [5.74, 6) is 1.66. The van der Waals surface area contributed by atoms with Gasteiger partial charge in [-0.3, -0.25) is 4.79 Å². The molecule has 0 spiro atoms. The van der Waals surface area contributed by atoms with Gasteiger partial charge in [-0.25, -0.2) is 0 Å². The molecule has 4 heteroatoms. The topological polar surface area (TPSA) is 38.3 Å². The predicted octanol–water partition coefficient (Wildman–Crippen LogP) is 4.96. The number of carbonyl (C=O) groups excluding carboxylic acids is 1. The number of methoxy groups -OCH3 is 1. The van der Waals surface area contributed by atoms with Crippen molar-refractivity contribution >= 4 is 17.7 Å². The maximum absolute atomic E-state index is 12.6. The van der Waals surface area contributed by atoms with Crippen molar-refractivity contribution in [2.45, 2.75) is 17.1 Å². The highest BCUT2D eigenvalue weighted by molar-refractivity contribution is 7.98. The SMILES string of the molecule is COc1ccc(CCNC(=O)c2ccccc2SCc2ccccc2)cc1. The standard InChI is InChI=1S/C23H23NO2S/c1-26-20-13-11-18(12-14-20)15-16-24-23(25)21-9-5-6-10-22(21)27-17-19-7-3-2-4-8-19/h2-14H,15-17H2,1H3,(H,24,25). The lowest BCUT2D eigenvalue weighted by Gasteiger charge is -2.10. The van der Waals surface area contributed by atoms with Gasteiger partial charge in [0.25, 0.3) is 5.91 Å². The highest BCUT2D eigenvalue weighted by Gasteiger charge is 2.11. The Morgan fingerprint density at radius 3 is 2.33 bits per heavy atom. The average molecular weight is 378 g/mol. The number of thioether (sulfide) groups is 1. The van der Waals surface area contributed by atoms with Crippen molar-refractivity contribution in [2.75, 3.05) is 13.7 Å². The third-order valence-electron chi connectivity index (χ3n) is 4.23. The molecule has 0 saturated carbocycles. The maximum atomic E-state index is 12.6. The Labute approximate surface area is 164 Å². The van der Waals surface area contributed by atoms with Gasteiger partial charge in [-0.15, -0.1) is 11.8 Å². The van der Waals surface area contributed by atoms with Crippen LogP contribution in [0.25, 0.3) is 0 Å². The van der Waals surface area contributed by atoms with Gasteiger partial charge in [0.15, 0.2) is 0 Å². The monoisotopic (exact) mass is 377 g/mol. The quantitative estimate of drug-likeness (QED) is 0.564. The van der Waals surface area contributed by atoms with E-state index in [-0.39, 0.29) is 5.91 Å². The Hall–Kier alpha value is -2.72. The third kappa shape index (κ3) is 5.63. The summed E-state index contributed by atoms with van der Waals surface area (Å²) in [7, 11) is 1.66. The molecule has 3 aromatic carbocycles.